The Balaban J connectivity index is 2.17. The van der Waals surface area contributed by atoms with Crippen LogP contribution in [0.1, 0.15) is 42.6 Å². The smallest absolute Gasteiger partial charge is 0.0814 e. The van der Waals surface area contributed by atoms with Crippen LogP contribution in [0.3, 0.4) is 0 Å². The van der Waals surface area contributed by atoms with E-state index in [0.29, 0.717) is 5.92 Å². The van der Waals surface area contributed by atoms with Gasteiger partial charge >= 0.3 is 0 Å². The average molecular weight is 292 g/mol. The maximum atomic E-state index is 6.05. The van der Waals surface area contributed by atoms with Crippen molar-refractivity contribution in [3.63, 3.8) is 0 Å². The molecule has 4 heteroatoms. The number of nitrogens with zero attached hydrogens (tertiary/aromatic N) is 2. The maximum Gasteiger partial charge on any atom is 0.0814 e. The highest BCUT2D eigenvalue weighted by molar-refractivity contribution is 6.31. The van der Waals surface area contributed by atoms with Crippen molar-refractivity contribution in [2.75, 3.05) is 7.05 Å². The molecular weight excluding hydrogens is 270 g/mol. The Morgan fingerprint density at radius 2 is 1.80 bits per heavy atom. The van der Waals surface area contributed by atoms with Crippen LogP contribution in [0.5, 0.6) is 0 Å². The summed E-state index contributed by atoms with van der Waals surface area (Å²) < 4.78 is 1.94. The van der Waals surface area contributed by atoms with Crippen molar-refractivity contribution in [1.29, 1.82) is 0 Å². The zero-order valence-electron chi connectivity index (χ0n) is 12.5. The predicted molar refractivity (Wildman–Crippen MR) is 84.3 cm³/mol. The van der Waals surface area contributed by atoms with E-state index in [9.17, 15) is 0 Å². The number of likely N-dealkylation sites (N-methyl/N-ethyl adjacent to an activating group) is 1. The Morgan fingerprint density at radius 3 is 2.25 bits per heavy atom. The number of hydrogen-bond acceptors (Lipinski definition) is 2. The third-order valence-electron chi connectivity index (χ3n) is 3.75. The molecule has 3 nitrogen and oxygen atoms in total. The molecule has 0 saturated carbocycles. The Morgan fingerprint density at radius 1 is 1.20 bits per heavy atom. The second-order valence-corrected chi connectivity index (χ2v) is 5.83. The Labute approximate surface area is 126 Å². The minimum absolute atomic E-state index is 0.228. The van der Waals surface area contributed by atoms with Crippen LogP contribution in [0.15, 0.2) is 30.5 Å². The van der Waals surface area contributed by atoms with E-state index < -0.39 is 0 Å². The summed E-state index contributed by atoms with van der Waals surface area (Å²) in [4.78, 5) is 0. The molecule has 0 amide bonds. The SMILES string of the molecule is CNC(Cn1ncc(Cl)c1C)c1ccc(C(C)C)cc1. The first kappa shape index (κ1) is 15.1. The van der Waals surface area contributed by atoms with E-state index in [0.717, 1.165) is 17.3 Å². The second-order valence-electron chi connectivity index (χ2n) is 5.42. The fourth-order valence-corrected chi connectivity index (χ4v) is 2.40. The molecule has 0 radical (unpaired) electrons. The lowest BCUT2D eigenvalue weighted by molar-refractivity contribution is 0.461. The van der Waals surface area contributed by atoms with Crippen molar-refractivity contribution in [3.05, 3.63) is 52.3 Å². The second kappa shape index (κ2) is 6.42. The van der Waals surface area contributed by atoms with Gasteiger partial charge in [-0.05, 0) is 31.0 Å². The molecule has 1 aromatic heterocycles. The highest BCUT2D eigenvalue weighted by Crippen LogP contribution is 2.21. The van der Waals surface area contributed by atoms with E-state index in [1.54, 1.807) is 6.20 Å². The first-order valence-corrected chi connectivity index (χ1v) is 7.35. The molecule has 1 atom stereocenters. The van der Waals surface area contributed by atoms with Gasteiger partial charge in [0.15, 0.2) is 0 Å². The van der Waals surface area contributed by atoms with E-state index >= 15 is 0 Å². The lowest BCUT2D eigenvalue weighted by Gasteiger charge is -2.18. The first-order chi connectivity index (χ1) is 9.52. The van der Waals surface area contributed by atoms with Crippen molar-refractivity contribution in [2.45, 2.75) is 39.3 Å². The highest BCUT2D eigenvalue weighted by Gasteiger charge is 2.13. The largest absolute Gasteiger partial charge is 0.311 e. The van der Waals surface area contributed by atoms with Crippen LogP contribution in [-0.2, 0) is 6.54 Å². The fourth-order valence-electron chi connectivity index (χ4n) is 2.26. The normalized spacial score (nSPS) is 12.9. The molecule has 1 N–H and O–H groups in total. The number of aromatic nitrogens is 2. The third-order valence-corrected chi connectivity index (χ3v) is 4.12. The van der Waals surface area contributed by atoms with E-state index in [2.05, 4.69) is 48.5 Å². The van der Waals surface area contributed by atoms with Gasteiger partial charge in [-0.2, -0.15) is 5.10 Å². The van der Waals surface area contributed by atoms with E-state index in [1.807, 2.05) is 18.7 Å². The van der Waals surface area contributed by atoms with E-state index in [-0.39, 0.29) is 6.04 Å². The van der Waals surface area contributed by atoms with Crippen molar-refractivity contribution in [3.8, 4) is 0 Å². The van der Waals surface area contributed by atoms with Crippen LogP contribution < -0.4 is 5.32 Å². The molecule has 0 aliphatic carbocycles. The summed E-state index contributed by atoms with van der Waals surface area (Å²) in [5, 5.41) is 8.38. The Bertz CT molecular complexity index is 558. The van der Waals surface area contributed by atoms with Gasteiger partial charge in [0.05, 0.1) is 29.5 Å². The van der Waals surface area contributed by atoms with E-state index in [1.165, 1.54) is 11.1 Å². The molecule has 0 aliphatic rings. The van der Waals surface area contributed by atoms with Gasteiger partial charge in [0.1, 0.15) is 0 Å². The van der Waals surface area contributed by atoms with Gasteiger partial charge in [-0.25, -0.2) is 0 Å². The lowest BCUT2D eigenvalue weighted by Crippen LogP contribution is -2.23. The summed E-state index contributed by atoms with van der Waals surface area (Å²) in [6.07, 6.45) is 1.70. The molecule has 20 heavy (non-hydrogen) atoms. The summed E-state index contributed by atoms with van der Waals surface area (Å²) in [6, 6.07) is 9.01. The van der Waals surface area contributed by atoms with Gasteiger partial charge in [-0.1, -0.05) is 49.7 Å². The maximum absolute atomic E-state index is 6.05. The van der Waals surface area contributed by atoms with Crippen LogP contribution >= 0.6 is 11.6 Å². The van der Waals surface area contributed by atoms with Crippen LogP contribution in [0, 0.1) is 6.92 Å². The number of rotatable bonds is 5. The van der Waals surface area contributed by atoms with Gasteiger partial charge in [0.2, 0.25) is 0 Å². The molecule has 1 unspecified atom stereocenters. The monoisotopic (exact) mass is 291 g/mol. The van der Waals surface area contributed by atoms with Gasteiger partial charge in [0.25, 0.3) is 0 Å². The summed E-state index contributed by atoms with van der Waals surface area (Å²) in [5.41, 5.74) is 3.63. The van der Waals surface area contributed by atoms with Crippen molar-refractivity contribution < 1.29 is 0 Å². The predicted octanol–water partition coefficient (Wildman–Crippen LogP) is 3.93. The summed E-state index contributed by atoms with van der Waals surface area (Å²) in [5.74, 6) is 0.559. The van der Waals surface area contributed by atoms with Crippen molar-refractivity contribution in [1.82, 2.24) is 15.1 Å². The van der Waals surface area contributed by atoms with Gasteiger partial charge < -0.3 is 5.32 Å². The number of nitrogens with one attached hydrogen (secondary N) is 1. The van der Waals surface area contributed by atoms with Crippen molar-refractivity contribution >= 4 is 11.6 Å². The third kappa shape index (κ3) is 3.22. The molecule has 2 aromatic rings. The zero-order chi connectivity index (χ0) is 14.7. The Hall–Kier alpha value is -1.32. The molecule has 1 aromatic carbocycles. The summed E-state index contributed by atoms with van der Waals surface area (Å²) >= 11 is 6.05. The van der Waals surface area contributed by atoms with Gasteiger partial charge in [0, 0.05) is 0 Å². The standard InChI is InChI=1S/C16H22ClN3/c1-11(2)13-5-7-14(8-6-13)16(18-4)10-20-12(3)15(17)9-19-20/h5-9,11,16,18H,10H2,1-4H3. The molecule has 0 fully saturated rings. The Kier molecular flexibility index (Phi) is 4.84. The minimum Gasteiger partial charge on any atom is -0.311 e. The lowest BCUT2D eigenvalue weighted by atomic mass is 9.99. The highest BCUT2D eigenvalue weighted by atomic mass is 35.5. The van der Waals surface area contributed by atoms with Crippen LogP contribution in [0.25, 0.3) is 0 Å². The summed E-state index contributed by atoms with van der Waals surface area (Å²) in [6.45, 7) is 7.18. The number of hydrogen-bond donors (Lipinski definition) is 1. The molecule has 0 spiro atoms. The molecule has 0 aliphatic heterocycles. The summed E-state index contributed by atoms with van der Waals surface area (Å²) in [7, 11) is 1.97. The molecular formula is C16H22ClN3. The molecule has 0 saturated heterocycles. The molecule has 0 bridgehead atoms. The fraction of sp³-hybridized carbons (Fsp3) is 0.438. The van der Waals surface area contributed by atoms with E-state index in [4.69, 9.17) is 11.6 Å². The van der Waals surface area contributed by atoms with Gasteiger partial charge in [-0.15, -0.1) is 0 Å². The number of halogens is 1. The minimum atomic E-state index is 0.228. The topological polar surface area (TPSA) is 29.9 Å². The van der Waals surface area contributed by atoms with Crippen LogP contribution in [0.2, 0.25) is 5.02 Å². The number of benzene rings is 1. The van der Waals surface area contributed by atoms with Crippen molar-refractivity contribution in [2.24, 2.45) is 0 Å². The van der Waals surface area contributed by atoms with Gasteiger partial charge in [-0.3, -0.25) is 4.68 Å². The first-order valence-electron chi connectivity index (χ1n) is 6.98. The molecule has 1 heterocycles. The average Bonchev–Trinajstić information content (AvgIpc) is 2.76. The zero-order valence-corrected chi connectivity index (χ0v) is 13.3. The molecule has 108 valence electrons. The quantitative estimate of drug-likeness (QED) is 0.904. The molecule has 2 rings (SSSR count). The van der Waals surface area contributed by atoms with Crippen LogP contribution in [0.4, 0.5) is 0 Å². The van der Waals surface area contributed by atoms with Crippen LogP contribution in [-0.4, -0.2) is 16.8 Å².